The Bertz CT molecular complexity index is 633. The lowest BCUT2D eigenvalue weighted by atomic mass is 10.2. The highest BCUT2D eigenvalue weighted by Gasteiger charge is 2.23. The number of amides is 1. The van der Waals surface area contributed by atoms with Gasteiger partial charge in [-0.2, -0.15) is 0 Å². The molecular formula is C11H11N3O5S. The Balaban J connectivity index is 1.98. The van der Waals surface area contributed by atoms with Gasteiger partial charge in [-0.15, -0.1) is 11.3 Å². The summed E-state index contributed by atoms with van der Waals surface area (Å²) in [4.78, 5) is 37.9. The molecule has 2 heterocycles. The van der Waals surface area contributed by atoms with Gasteiger partial charge in [-0.1, -0.05) is 0 Å². The molecule has 0 radical (unpaired) electrons. The lowest BCUT2D eigenvalue weighted by Gasteiger charge is -2.11. The van der Waals surface area contributed by atoms with Crippen LogP contribution in [0.2, 0.25) is 0 Å². The van der Waals surface area contributed by atoms with Crippen molar-refractivity contribution in [2.45, 2.75) is 18.9 Å². The van der Waals surface area contributed by atoms with Crippen LogP contribution in [0.4, 0.5) is 0 Å². The average Bonchev–Trinajstić information content (AvgIpc) is 2.87. The molecule has 9 heteroatoms. The quantitative estimate of drug-likeness (QED) is 0.689. The first-order chi connectivity index (χ1) is 9.45. The van der Waals surface area contributed by atoms with E-state index >= 15 is 0 Å². The predicted molar refractivity (Wildman–Crippen MR) is 68.6 cm³/mol. The number of aromatic nitrogens is 2. The van der Waals surface area contributed by atoms with Crippen LogP contribution in [0.3, 0.4) is 0 Å². The van der Waals surface area contributed by atoms with Gasteiger partial charge in [0.2, 0.25) is 5.91 Å². The molecule has 2 aromatic heterocycles. The van der Waals surface area contributed by atoms with Crippen molar-refractivity contribution >= 4 is 34.1 Å². The normalized spacial score (nSPS) is 12.2. The third-order valence-corrected chi connectivity index (χ3v) is 3.27. The zero-order valence-corrected chi connectivity index (χ0v) is 11.0. The fourth-order valence-corrected chi connectivity index (χ4v) is 2.36. The summed E-state index contributed by atoms with van der Waals surface area (Å²) in [7, 11) is 0. The van der Waals surface area contributed by atoms with Gasteiger partial charge in [-0.3, -0.25) is 14.0 Å². The van der Waals surface area contributed by atoms with Crippen LogP contribution in [0.15, 0.2) is 17.8 Å². The molecule has 2 aromatic rings. The number of carboxylic acid groups (broad SMARTS) is 2. The molecule has 0 bridgehead atoms. The fourth-order valence-electron chi connectivity index (χ4n) is 1.65. The fraction of sp³-hybridized carbons (Fsp3) is 0.273. The van der Waals surface area contributed by atoms with Crippen molar-refractivity contribution in [2.24, 2.45) is 0 Å². The minimum absolute atomic E-state index is 0.0994. The molecule has 106 valence electrons. The third kappa shape index (κ3) is 3.32. The molecule has 1 atom stereocenters. The first-order valence-corrected chi connectivity index (χ1v) is 6.48. The molecule has 3 N–H and O–H groups in total. The van der Waals surface area contributed by atoms with Gasteiger partial charge in [-0.05, 0) is 0 Å². The number of carbonyl (C=O) groups is 3. The van der Waals surface area contributed by atoms with E-state index in [1.165, 1.54) is 11.3 Å². The van der Waals surface area contributed by atoms with Crippen molar-refractivity contribution < 1.29 is 24.6 Å². The number of nitrogens with one attached hydrogen (secondary N) is 1. The second-order valence-electron chi connectivity index (χ2n) is 4.06. The molecule has 0 aliphatic heterocycles. The number of imidazole rings is 1. The number of carbonyl (C=O) groups excluding carboxylic acids is 1. The lowest BCUT2D eigenvalue weighted by molar-refractivity contribution is -0.147. The number of carboxylic acids is 2. The largest absolute Gasteiger partial charge is 0.481 e. The van der Waals surface area contributed by atoms with E-state index < -0.39 is 30.3 Å². The van der Waals surface area contributed by atoms with Crippen LogP contribution in [-0.4, -0.2) is 43.5 Å². The van der Waals surface area contributed by atoms with Crippen LogP contribution in [0.25, 0.3) is 4.96 Å². The number of hydrogen-bond donors (Lipinski definition) is 3. The Morgan fingerprint density at radius 3 is 2.75 bits per heavy atom. The molecule has 0 aliphatic rings. The summed E-state index contributed by atoms with van der Waals surface area (Å²) >= 11 is 1.41. The zero-order chi connectivity index (χ0) is 14.7. The Kier molecular flexibility index (Phi) is 3.99. The molecular weight excluding hydrogens is 286 g/mol. The van der Waals surface area contributed by atoms with E-state index in [0.717, 1.165) is 4.96 Å². The van der Waals surface area contributed by atoms with Gasteiger partial charge in [0, 0.05) is 17.8 Å². The molecule has 0 saturated carbocycles. The van der Waals surface area contributed by atoms with E-state index in [1.54, 1.807) is 16.8 Å². The summed E-state index contributed by atoms with van der Waals surface area (Å²) in [5.41, 5.74) is 0.494. The first-order valence-electron chi connectivity index (χ1n) is 5.60. The van der Waals surface area contributed by atoms with Crippen LogP contribution in [0.5, 0.6) is 0 Å². The Morgan fingerprint density at radius 2 is 2.15 bits per heavy atom. The second kappa shape index (κ2) is 5.70. The minimum Gasteiger partial charge on any atom is -0.481 e. The second-order valence-corrected chi connectivity index (χ2v) is 4.93. The van der Waals surface area contributed by atoms with E-state index in [4.69, 9.17) is 10.2 Å². The number of rotatable bonds is 6. The van der Waals surface area contributed by atoms with Gasteiger partial charge in [-0.25, -0.2) is 9.78 Å². The van der Waals surface area contributed by atoms with Gasteiger partial charge in [0.25, 0.3) is 0 Å². The molecule has 1 amide bonds. The molecule has 0 saturated heterocycles. The van der Waals surface area contributed by atoms with Crippen LogP contribution in [0.1, 0.15) is 12.1 Å². The van der Waals surface area contributed by atoms with Crippen molar-refractivity contribution in [3.63, 3.8) is 0 Å². The smallest absolute Gasteiger partial charge is 0.326 e. The molecule has 0 spiro atoms. The SMILES string of the molecule is O=C(O)CC(NC(=O)Cc1cn2ccsc2n1)C(=O)O. The van der Waals surface area contributed by atoms with Crippen molar-refractivity contribution in [3.8, 4) is 0 Å². The number of fused-ring (bicyclic) bond motifs is 1. The molecule has 20 heavy (non-hydrogen) atoms. The number of hydrogen-bond acceptors (Lipinski definition) is 5. The summed E-state index contributed by atoms with van der Waals surface area (Å²) in [5.74, 6) is -3.25. The molecule has 2 rings (SSSR count). The van der Waals surface area contributed by atoms with E-state index in [9.17, 15) is 14.4 Å². The van der Waals surface area contributed by atoms with Crippen molar-refractivity contribution in [3.05, 3.63) is 23.5 Å². The molecule has 0 aliphatic carbocycles. The van der Waals surface area contributed by atoms with Crippen molar-refractivity contribution in [2.75, 3.05) is 0 Å². The van der Waals surface area contributed by atoms with E-state index in [1.807, 2.05) is 5.38 Å². The van der Waals surface area contributed by atoms with Crippen LogP contribution < -0.4 is 5.32 Å². The number of nitrogens with zero attached hydrogens (tertiary/aromatic N) is 2. The van der Waals surface area contributed by atoms with E-state index in [-0.39, 0.29) is 6.42 Å². The predicted octanol–water partition coefficient (Wildman–Crippen LogP) is -0.0176. The zero-order valence-electron chi connectivity index (χ0n) is 10.1. The van der Waals surface area contributed by atoms with Gasteiger partial charge in [0.05, 0.1) is 18.5 Å². The minimum atomic E-state index is -1.44. The molecule has 8 nitrogen and oxygen atoms in total. The summed E-state index contributed by atoms with van der Waals surface area (Å²) in [6, 6.07) is -1.44. The Morgan fingerprint density at radius 1 is 1.40 bits per heavy atom. The van der Waals surface area contributed by atoms with Crippen molar-refractivity contribution in [1.29, 1.82) is 0 Å². The summed E-state index contributed by atoms with van der Waals surface area (Å²) in [6.07, 6.45) is 2.69. The van der Waals surface area contributed by atoms with E-state index in [0.29, 0.717) is 5.69 Å². The van der Waals surface area contributed by atoms with Crippen molar-refractivity contribution in [1.82, 2.24) is 14.7 Å². The molecule has 0 aromatic carbocycles. The standard InChI is InChI=1S/C11H11N3O5S/c15-8(13-7(10(18)19)4-9(16)17)3-6-5-14-1-2-20-11(14)12-6/h1-2,5,7H,3-4H2,(H,13,15)(H,16,17)(H,18,19). The highest BCUT2D eigenvalue weighted by molar-refractivity contribution is 7.15. The third-order valence-electron chi connectivity index (χ3n) is 2.50. The average molecular weight is 297 g/mol. The highest BCUT2D eigenvalue weighted by atomic mass is 32.1. The van der Waals surface area contributed by atoms with Gasteiger partial charge in [0.15, 0.2) is 4.96 Å². The number of thiazole rings is 1. The first kappa shape index (κ1) is 14.0. The van der Waals surface area contributed by atoms with Gasteiger partial charge in [0.1, 0.15) is 6.04 Å². The maximum atomic E-state index is 11.7. The molecule has 0 fully saturated rings. The van der Waals surface area contributed by atoms with Gasteiger partial charge < -0.3 is 15.5 Å². The Hall–Kier alpha value is -2.42. The monoisotopic (exact) mass is 297 g/mol. The summed E-state index contributed by atoms with van der Waals surface area (Å²) in [5, 5.41) is 21.4. The highest BCUT2D eigenvalue weighted by Crippen LogP contribution is 2.11. The maximum absolute atomic E-state index is 11.7. The van der Waals surface area contributed by atoms with E-state index in [2.05, 4.69) is 10.3 Å². The summed E-state index contributed by atoms with van der Waals surface area (Å²) < 4.78 is 1.75. The Labute approximate surface area is 116 Å². The topological polar surface area (TPSA) is 121 Å². The number of aliphatic carboxylic acids is 2. The molecule has 1 unspecified atom stereocenters. The van der Waals surface area contributed by atoms with Crippen LogP contribution in [0, 0.1) is 0 Å². The lowest BCUT2D eigenvalue weighted by Crippen LogP contribution is -2.42. The van der Waals surface area contributed by atoms with Crippen LogP contribution in [-0.2, 0) is 20.8 Å². The summed E-state index contributed by atoms with van der Waals surface area (Å²) in [6.45, 7) is 0. The van der Waals surface area contributed by atoms with Crippen LogP contribution >= 0.6 is 11.3 Å². The van der Waals surface area contributed by atoms with Gasteiger partial charge >= 0.3 is 11.9 Å². The maximum Gasteiger partial charge on any atom is 0.326 e.